The smallest absolute Gasteiger partial charge is 0.0357 e. The number of rotatable bonds is 3. The molecule has 0 bridgehead atoms. The Balaban J connectivity index is 2.81. The maximum Gasteiger partial charge on any atom is 0.0357 e. The molecule has 2 heteroatoms. The predicted molar refractivity (Wildman–Crippen MR) is 62.2 cm³/mol. The van der Waals surface area contributed by atoms with Crippen molar-refractivity contribution in [3.05, 3.63) is 27.3 Å². The predicted octanol–water partition coefficient (Wildman–Crippen LogP) is 3.22. The summed E-state index contributed by atoms with van der Waals surface area (Å²) in [6.07, 6.45) is 3.57. The summed E-state index contributed by atoms with van der Waals surface area (Å²) in [7, 11) is 0. The first kappa shape index (κ1) is 9.84. The Bertz CT molecular complexity index is 238. The van der Waals surface area contributed by atoms with E-state index in [0.29, 0.717) is 0 Å². The van der Waals surface area contributed by atoms with Crippen LogP contribution in [0.2, 0.25) is 0 Å². The molecule has 0 unspecified atom stereocenters. The third-order valence-corrected chi connectivity index (χ3v) is 2.95. The minimum Gasteiger partial charge on any atom is -0.398 e. The van der Waals surface area contributed by atoms with E-state index in [1.165, 1.54) is 22.0 Å². The Morgan fingerprint density at radius 2 is 2.17 bits per heavy atom. The topological polar surface area (TPSA) is 26.0 Å². The van der Waals surface area contributed by atoms with Crippen LogP contribution in [0.4, 0.5) is 5.69 Å². The molecular formula is C10H14IN. The standard InChI is InChI=1S/C10H14IN/c1-2-3-5-8-9(11)6-4-7-10(8)12/h4,6-7H,2-3,5,12H2,1H3. The van der Waals surface area contributed by atoms with Crippen molar-refractivity contribution in [1.82, 2.24) is 0 Å². The normalized spacial score (nSPS) is 10.2. The van der Waals surface area contributed by atoms with Crippen LogP contribution >= 0.6 is 22.6 Å². The van der Waals surface area contributed by atoms with Crippen LogP contribution < -0.4 is 5.73 Å². The van der Waals surface area contributed by atoms with Crippen molar-refractivity contribution in [2.24, 2.45) is 0 Å². The van der Waals surface area contributed by atoms with Gasteiger partial charge in [-0.3, -0.25) is 0 Å². The maximum absolute atomic E-state index is 5.86. The van der Waals surface area contributed by atoms with Gasteiger partial charge in [-0.25, -0.2) is 0 Å². The summed E-state index contributed by atoms with van der Waals surface area (Å²) in [5.74, 6) is 0. The van der Waals surface area contributed by atoms with Gasteiger partial charge in [0.05, 0.1) is 0 Å². The summed E-state index contributed by atoms with van der Waals surface area (Å²) in [6.45, 7) is 2.20. The number of anilines is 1. The van der Waals surface area contributed by atoms with Gasteiger partial charge in [0.25, 0.3) is 0 Å². The van der Waals surface area contributed by atoms with Gasteiger partial charge in [-0.2, -0.15) is 0 Å². The van der Waals surface area contributed by atoms with E-state index >= 15 is 0 Å². The van der Waals surface area contributed by atoms with Crippen LogP contribution in [0.5, 0.6) is 0 Å². The zero-order chi connectivity index (χ0) is 8.97. The molecule has 0 saturated carbocycles. The van der Waals surface area contributed by atoms with E-state index in [1.54, 1.807) is 0 Å². The molecule has 1 rings (SSSR count). The van der Waals surface area contributed by atoms with E-state index in [4.69, 9.17) is 5.73 Å². The first-order valence-corrected chi connectivity index (χ1v) is 5.36. The van der Waals surface area contributed by atoms with Crippen molar-refractivity contribution in [3.63, 3.8) is 0 Å². The van der Waals surface area contributed by atoms with Crippen LogP contribution in [-0.4, -0.2) is 0 Å². The van der Waals surface area contributed by atoms with Crippen LogP contribution in [-0.2, 0) is 6.42 Å². The highest BCUT2D eigenvalue weighted by molar-refractivity contribution is 14.1. The molecule has 0 atom stereocenters. The van der Waals surface area contributed by atoms with Crippen molar-refractivity contribution in [3.8, 4) is 0 Å². The molecule has 12 heavy (non-hydrogen) atoms. The van der Waals surface area contributed by atoms with Gasteiger partial charge in [-0.15, -0.1) is 0 Å². The van der Waals surface area contributed by atoms with Crippen molar-refractivity contribution < 1.29 is 0 Å². The first-order valence-electron chi connectivity index (χ1n) is 4.28. The number of nitrogen functional groups attached to an aromatic ring is 1. The monoisotopic (exact) mass is 275 g/mol. The number of benzene rings is 1. The number of unbranched alkanes of at least 4 members (excludes halogenated alkanes) is 1. The fourth-order valence-electron chi connectivity index (χ4n) is 1.19. The van der Waals surface area contributed by atoms with Crippen molar-refractivity contribution in [2.45, 2.75) is 26.2 Å². The van der Waals surface area contributed by atoms with Crippen molar-refractivity contribution in [2.75, 3.05) is 5.73 Å². The van der Waals surface area contributed by atoms with Gasteiger partial charge < -0.3 is 5.73 Å². The van der Waals surface area contributed by atoms with Crippen LogP contribution in [0, 0.1) is 3.57 Å². The molecule has 1 aromatic carbocycles. The average molecular weight is 275 g/mol. The van der Waals surface area contributed by atoms with Gasteiger partial charge >= 0.3 is 0 Å². The Labute approximate surface area is 87.5 Å². The molecular weight excluding hydrogens is 261 g/mol. The second-order valence-corrected chi connectivity index (χ2v) is 4.07. The van der Waals surface area contributed by atoms with Gasteiger partial charge in [0.2, 0.25) is 0 Å². The van der Waals surface area contributed by atoms with E-state index in [-0.39, 0.29) is 0 Å². The van der Waals surface area contributed by atoms with Crippen molar-refractivity contribution >= 4 is 28.3 Å². The molecule has 0 fully saturated rings. The summed E-state index contributed by atoms with van der Waals surface area (Å²) >= 11 is 2.35. The van der Waals surface area contributed by atoms with Crippen LogP contribution in [0.3, 0.4) is 0 Å². The van der Waals surface area contributed by atoms with Crippen LogP contribution in [0.1, 0.15) is 25.3 Å². The second-order valence-electron chi connectivity index (χ2n) is 2.91. The maximum atomic E-state index is 5.86. The summed E-state index contributed by atoms with van der Waals surface area (Å²) in [5, 5.41) is 0. The molecule has 0 saturated heterocycles. The molecule has 2 N–H and O–H groups in total. The first-order chi connectivity index (χ1) is 5.75. The summed E-state index contributed by atoms with van der Waals surface area (Å²) in [5.41, 5.74) is 8.12. The van der Waals surface area contributed by atoms with Crippen LogP contribution in [0.25, 0.3) is 0 Å². The quantitative estimate of drug-likeness (QED) is 0.665. The van der Waals surface area contributed by atoms with E-state index in [9.17, 15) is 0 Å². The SMILES string of the molecule is CCCCc1c(N)cccc1I. The lowest BCUT2D eigenvalue weighted by atomic mass is 10.1. The minimum atomic E-state index is 0.940. The van der Waals surface area contributed by atoms with E-state index in [2.05, 4.69) is 35.6 Å². The molecule has 0 radical (unpaired) electrons. The lowest BCUT2D eigenvalue weighted by Crippen LogP contribution is -1.96. The average Bonchev–Trinajstić information content (AvgIpc) is 2.04. The highest BCUT2D eigenvalue weighted by atomic mass is 127. The highest BCUT2D eigenvalue weighted by Gasteiger charge is 2.01. The number of nitrogens with two attached hydrogens (primary N) is 1. The Hall–Kier alpha value is -0.250. The highest BCUT2D eigenvalue weighted by Crippen LogP contribution is 2.20. The molecule has 1 aromatic rings. The number of hydrogen-bond donors (Lipinski definition) is 1. The molecule has 0 spiro atoms. The molecule has 0 aliphatic carbocycles. The summed E-state index contributed by atoms with van der Waals surface area (Å²) in [4.78, 5) is 0. The molecule has 66 valence electrons. The lowest BCUT2D eigenvalue weighted by Gasteiger charge is -2.06. The van der Waals surface area contributed by atoms with Gasteiger partial charge in [0.1, 0.15) is 0 Å². The summed E-state index contributed by atoms with van der Waals surface area (Å²) in [6, 6.07) is 6.10. The van der Waals surface area contributed by atoms with Gasteiger partial charge in [0, 0.05) is 9.26 Å². The van der Waals surface area contributed by atoms with Gasteiger partial charge in [0.15, 0.2) is 0 Å². The van der Waals surface area contributed by atoms with Crippen molar-refractivity contribution in [1.29, 1.82) is 0 Å². The zero-order valence-corrected chi connectivity index (χ0v) is 9.47. The fraction of sp³-hybridized carbons (Fsp3) is 0.400. The van der Waals surface area contributed by atoms with Crippen LogP contribution in [0.15, 0.2) is 18.2 Å². The summed E-state index contributed by atoms with van der Waals surface area (Å²) < 4.78 is 1.29. The Kier molecular flexibility index (Phi) is 3.85. The molecule has 0 aromatic heterocycles. The molecule has 0 amide bonds. The van der Waals surface area contributed by atoms with E-state index in [0.717, 1.165) is 12.1 Å². The third kappa shape index (κ3) is 2.37. The second kappa shape index (κ2) is 4.70. The lowest BCUT2D eigenvalue weighted by molar-refractivity contribution is 0.794. The Morgan fingerprint density at radius 1 is 1.42 bits per heavy atom. The zero-order valence-electron chi connectivity index (χ0n) is 7.31. The number of hydrogen-bond acceptors (Lipinski definition) is 1. The Morgan fingerprint density at radius 3 is 2.75 bits per heavy atom. The molecule has 0 aliphatic rings. The van der Waals surface area contributed by atoms with E-state index in [1.807, 2.05) is 12.1 Å². The molecule has 0 heterocycles. The van der Waals surface area contributed by atoms with E-state index < -0.39 is 0 Å². The molecule has 0 aliphatic heterocycles. The molecule has 1 nitrogen and oxygen atoms in total. The number of halogens is 1. The third-order valence-electron chi connectivity index (χ3n) is 1.94. The minimum absolute atomic E-state index is 0.940. The van der Waals surface area contributed by atoms with Gasteiger partial charge in [-0.05, 0) is 53.1 Å². The fourth-order valence-corrected chi connectivity index (χ4v) is 1.98. The largest absolute Gasteiger partial charge is 0.398 e. The van der Waals surface area contributed by atoms with Gasteiger partial charge in [-0.1, -0.05) is 19.4 Å².